The predicted molar refractivity (Wildman–Crippen MR) is 123 cm³/mol. The highest BCUT2D eigenvalue weighted by atomic mass is 15.4. The Balaban J connectivity index is 1.57. The maximum absolute atomic E-state index is 2.58. The number of rotatable bonds is 16. The van der Waals surface area contributed by atoms with E-state index < -0.39 is 0 Å². The second-order valence-corrected chi connectivity index (χ2v) is 8.50. The largest absolute Gasteiger partial charge is 0.356 e. The molecule has 28 heavy (non-hydrogen) atoms. The fraction of sp³-hybridized carbons (Fsp3) is 0.692. The van der Waals surface area contributed by atoms with Gasteiger partial charge >= 0.3 is 0 Å². The van der Waals surface area contributed by atoms with Crippen molar-refractivity contribution in [3.8, 4) is 0 Å². The summed E-state index contributed by atoms with van der Waals surface area (Å²) in [5.41, 5.74) is 1.41. The Morgan fingerprint density at radius 3 is 1.82 bits per heavy atom. The molecule has 0 aromatic heterocycles. The minimum Gasteiger partial charge on any atom is -0.356 e. The molecule has 158 valence electrons. The normalized spacial score (nSPS) is 16.3. The highest BCUT2D eigenvalue weighted by Crippen LogP contribution is 2.23. The van der Waals surface area contributed by atoms with Crippen LogP contribution in [-0.4, -0.2) is 22.5 Å². The van der Waals surface area contributed by atoms with Crippen LogP contribution in [0.5, 0.6) is 0 Å². The lowest BCUT2D eigenvalue weighted by Gasteiger charge is -2.33. The second kappa shape index (κ2) is 14.5. The molecule has 0 spiro atoms. The third kappa shape index (κ3) is 8.71. The zero-order valence-corrected chi connectivity index (χ0v) is 18.6. The lowest BCUT2D eigenvalue weighted by atomic mass is 10.1. The Morgan fingerprint density at radius 2 is 1.21 bits per heavy atom. The van der Waals surface area contributed by atoms with Gasteiger partial charge in [-0.1, -0.05) is 115 Å². The van der Waals surface area contributed by atoms with Crippen LogP contribution < -0.4 is 0 Å². The molecule has 1 atom stereocenters. The lowest BCUT2D eigenvalue weighted by molar-refractivity contribution is 0.134. The van der Waals surface area contributed by atoms with Crippen LogP contribution in [0.15, 0.2) is 42.7 Å². The number of benzene rings is 1. The van der Waals surface area contributed by atoms with Crippen LogP contribution >= 0.6 is 0 Å². The Bertz CT molecular complexity index is 510. The van der Waals surface area contributed by atoms with E-state index >= 15 is 0 Å². The van der Waals surface area contributed by atoms with E-state index in [1.165, 1.54) is 95.6 Å². The Morgan fingerprint density at radius 1 is 0.643 bits per heavy atom. The molecule has 0 amide bonds. The van der Waals surface area contributed by atoms with Gasteiger partial charge in [-0.15, -0.1) is 0 Å². The standard InChI is InChI=1S/C26H44N2/c1-3-5-6-7-8-9-10-11-12-13-17-21-27-22-23-28(26(27)18-4-2)24-25-19-15-14-16-20-25/h14-16,19-20,22-23,26H,3-13,17-18,21,24H2,1-2H3. The SMILES string of the molecule is CCCCCCCCCCCCCN1C=CN(Cc2ccccc2)C1CCC. The molecule has 0 saturated heterocycles. The summed E-state index contributed by atoms with van der Waals surface area (Å²) in [6.07, 6.45) is 23.3. The summed E-state index contributed by atoms with van der Waals surface area (Å²) in [7, 11) is 0. The fourth-order valence-corrected chi connectivity index (χ4v) is 4.28. The van der Waals surface area contributed by atoms with E-state index in [2.05, 4.69) is 66.4 Å². The summed E-state index contributed by atoms with van der Waals surface area (Å²) < 4.78 is 0. The van der Waals surface area contributed by atoms with Crippen LogP contribution in [0.4, 0.5) is 0 Å². The van der Waals surface area contributed by atoms with Gasteiger partial charge in [-0.05, 0) is 18.4 Å². The van der Waals surface area contributed by atoms with Crippen molar-refractivity contribution in [2.45, 2.75) is 110 Å². The topological polar surface area (TPSA) is 6.48 Å². The number of hydrogen-bond donors (Lipinski definition) is 0. The summed E-state index contributed by atoms with van der Waals surface area (Å²) in [5.74, 6) is 0. The van der Waals surface area contributed by atoms with E-state index in [-0.39, 0.29) is 0 Å². The maximum atomic E-state index is 2.58. The molecule has 2 rings (SSSR count). The van der Waals surface area contributed by atoms with Gasteiger partial charge in [0.05, 0.1) is 0 Å². The molecule has 1 aromatic rings. The molecule has 0 saturated carbocycles. The molecule has 1 aliphatic rings. The van der Waals surface area contributed by atoms with Crippen molar-refractivity contribution >= 4 is 0 Å². The summed E-state index contributed by atoms with van der Waals surface area (Å²) in [6.45, 7) is 6.84. The van der Waals surface area contributed by atoms with Crippen molar-refractivity contribution in [1.29, 1.82) is 0 Å². The van der Waals surface area contributed by atoms with Gasteiger partial charge in [-0.3, -0.25) is 0 Å². The third-order valence-corrected chi connectivity index (χ3v) is 5.99. The van der Waals surface area contributed by atoms with Gasteiger partial charge in [0.25, 0.3) is 0 Å². The van der Waals surface area contributed by atoms with Crippen LogP contribution in [0, 0.1) is 0 Å². The van der Waals surface area contributed by atoms with Gasteiger partial charge in [0.1, 0.15) is 6.17 Å². The predicted octanol–water partition coefficient (Wildman–Crippen LogP) is 7.71. The first-order chi connectivity index (χ1) is 13.8. The van der Waals surface area contributed by atoms with Crippen LogP contribution in [0.25, 0.3) is 0 Å². The molecule has 1 aromatic carbocycles. The summed E-state index contributed by atoms with van der Waals surface area (Å²) in [4.78, 5) is 5.11. The minimum absolute atomic E-state index is 0.549. The van der Waals surface area contributed by atoms with Gasteiger partial charge in [0.2, 0.25) is 0 Å². The zero-order valence-electron chi connectivity index (χ0n) is 18.6. The van der Waals surface area contributed by atoms with E-state index in [1.807, 2.05) is 0 Å². The molecule has 0 aliphatic carbocycles. The van der Waals surface area contributed by atoms with Crippen molar-refractivity contribution in [1.82, 2.24) is 9.80 Å². The van der Waals surface area contributed by atoms with Gasteiger partial charge < -0.3 is 9.80 Å². The van der Waals surface area contributed by atoms with Crippen molar-refractivity contribution < 1.29 is 0 Å². The van der Waals surface area contributed by atoms with Gasteiger partial charge in [-0.2, -0.15) is 0 Å². The first-order valence-electron chi connectivity index (χ1n) is 12.1. The molecule has 0 fully saturated rings. The Labute approximate surface area is 175 Å². The van der Waals surface area contributed by atoms with E-state index in [4.69, 9.17) is 0 Å². The highest BCUT2D eigenvalue weighted by molar-refractivity contribution is 5.15. The van der Waals surface area contributed by atoms with Crippen molar-refractivity contribution in [3.63, 3.8) is 0 Å². The number of nitrogens with zero attached hydrogens (tertiary/aromatic N) is 2. The van der Waals surface area contributed by atoms with Crippen molar-refractivity contribution in [2.24, 2.45) is 0 Å². The molecule has 2 nitrogen and oxygen atoms in total. The van der Waals surface area contributed by atoms with E-state index in [0.717, 1.165) is 6.54 Å². The number of unbranched alkanes of at least 4 members (excludes halogenated alkanes) is 10. The van der Waals surface area contributed by atoms with Crippen LogP contribution in [0.1, 0.15) is 103 Å². The second-order valence-electron chi connectivity index (χ2n) is 8.50. The summed E-state index contributed by atoms with van der Waals surface area (Å²) >= 11 is 0. The maximum Gasteiger partial charge on any atom is 0.101 e. The smallest absolute Gasteiger partial charge is 0.101 e. The quantitative estimate of drug-likeness (QED) is 0.269. The number of hydrogen-bond acceptors (Lipinski definition) is 2. The first kappa shape index (κ1) is 22.8. The average Bonchev–Trinajstić information content (AvgIpc) is 3.08. The highest BCUT2D eigenvalue weighted by Gasteiger charge is 2.24. The van der Waals surface area contributed by atoms with Gasteiger partial charge in [0, 0.05) is 25.5 Å². The molecule has 0 bridgehead atoms. The van der Waals surface area contributed by atoms with Crippen LogP contribution in [-0.2, 0) is 6.54 Å². The third-order valence-electron chi connectivity index (χ3n) is 5.99. The molecular weight excluding hydrogens is 340 g/mol. The van der Waals surface area contributed by atoms with Crippen molar-refractivity contribution in [2.75, 3.05) is 6.54 Å². The molecule has 0 N–H and O–H groups in total. The van der Waals surface area contributed by atoms with Gasteiger partial charge in [-0.25, -0.2) is 0 Å². The minimum atomic E-state index is 0.549. The first-order valence-corrected chi connectivity index (χ1v) is 12.1. The monoisotopic (exact) mass is 384 g/mol. The lowest BCUT2D eigenvalue weighted by Crippen LogP contribution is -2.38. The summed E-state index contributed by atoms with van der Waals surface area (Å²) in [5, 5.41) is 0. The van der Waals surface area contributed by atoms with Crippen molar-refractivity contribution in [3.05, 3.63) is 48.3 Å². The molecule has 1 unspecified atom stereocenters. The Hall–Kier alpha value is -1.44. The van der Waals surface area contributed by atoms with Gasteiger partial charge in [0.15, 0.2) is 0 Å². The fourth-order valence-electron chi connectivity index (χ4n) is 4.28. The van der Waals surface area contributed by atoms with E-state index in [9.17, 15) is 0 Å². The molecule has 1 aliphatic heterocycles. The molecule has 1 heterocycles. The average molecular weight is 385 g/mol. The molecule has 2 heteroatoms. The van der Waals surface area contributed by atoms with Crippen LogP contribution in [0.2, 0.25) is 0 Å². The van der Waals surface area contributed by atoms with E-state index in [0.29, 0.717) is 6.17 Å². The summed E-state index contributed by atoms with van der Waals surface area (Å²) in [6, 6.07) is 10.9. The molecular formula is C26H44N2. The molecule has 0 radical (unpaired) electrons. The van der Waals surface area contributed by atoms with E-state index in [1.54, 1.807) is 0 Å². The zero-order chi connectivity index (χ0) is 19.9. The van der Waals surface area contributed by atoms with Crippen LogP contribution in [0.3, 0.4) is 0 Å². The Kier molecular flexibility index (Phi) is 11.9.